The number of rotatable bonds is 15. The fourth-order valence-electron chi connectivity index (χ4n) is 5.98. The number of halogens is 2. The van der Waals surface area contributed by atoms with Gasteiger partial charge in [-0.05, 0) is 73.5 Å². The van der Waals surface area contributed by atoms with Gasteiger partial charge in [-0.1, -0.05) is 77.8 Å². The van der Waals surface area contributed by atoms with Crippen molar-refractivity contribution in [2.45, 2.75) is 104 Å². The van der Waals surface area contributed by atoms with Crippen molar-refractivity contribution in [3.63, 3.8) is 0 Å². The highest BCUT2D eigenvalue weighted by molar-refractivity contribution is 6.35. The van der Waals surface area contributed by atoms with Gasteiger partial charge in [0.15, 0.2) is 11.6 Å². The second-order valence-corrected chi connectivity index (χ2v) is 12.4. The number of hydrogen-bond acceptors (Lipinski definition) is 2. The van der Waals surface area contributed by atoms with Gasteiger partial charge in [-0.25, -0.2) is 4.39 Å². The van der Waals surface area contributed by atoms with Gasteiger partial charge in [0.05, 0.1) is 16.1 Å². The Kier molecular flexibility index (Phi) is 13.0. The van der Waals surface area contributed by atoms with E-state index in [1.165, 1.54) is 63.8 Å². The summed E-state index contributed by atoms with van der Waals surface area (Å²) in [5.41, 5.74) is 1.35. The molecule has 0 aliphatic heterocycles. The Labute approximate surface area is 221 Å². The first-order valence-electron chi connectivity index (χ1n) is 14.6. The fourth-order valence-corrected chi connectivity index (χ4v) is 6.87. The van der Waals surface area contributed by atoms with Crippen LogP contribution in [0.5, 0.6) is 5.75 Å². The highest BCUT2D eigenvalue weighted by Gasteiger charge is 2.29. The molecule has 2 atom stereocenters. The van der Waals surface area contributed by atoms with E-state index < -0.39 is 11.6 Å². The van der Waals surface area contributed by atoms with E-state index in [1.54, 1.807) is 12.1 Å². The zero-order valence-electron chi connectivity index (χ0n) is 22.9. The molecule has 1 aromatic carbocycles. The summed E-state index contributed by atoms with van der Waals surface area (Å²) in [6, 6.07) is 4.46. The maximum Gasteiger partial charge on any atom is 0.201 e. The summed E-state index contributed by atoms with van der Waals surface area (Å²) in [4.78, 5) is 0. The van der Waals surface area contributed by atoms with E-state index >= 15 is 0 Å². The topological polar surface area (TPSA) is 18.5 Å². The Balaban J connectivity index is 1.39. The number of ether oxygens (including phenoxy) is 2. The van der Waals surface area contributed by atoms with E-state index in [1.807, 2.05) is 0 Å². The van der Waals surface area contributed by atoms with Crippen LogP contribution in [-0.4, -0.2) is 29.0 Å². The maximum absolute atomic E-state index is 14.9. The van der Waals surface area contributed by atoms with Crippen LogP contribution < -0.4 is 4.74 Å². The maximum atomic E-state index is 14.9. The van der Waals surface area contributed by atoms with Gasteiger partial charge in [0.1, 0.15) is 6.61 Å². The monoisotopic (exact) mass is 518 g/mol. The minimum Gasteiger partial charge on any atom is -0.488 e. The summed E-state index contributed by atoms with van der Waals surface area (Å²) in [6.45, 7) is 7.45. The minimum absolute atomic E-state index is 0.0195. The van der Waals surface area contributed by atoms with Gasteiger partial charge in [-0.3, -0.25) is 0 Å². The van der Waals surface area contributed by atoms with Gasteiger partial charge >= 0.3 is 0 Å². The fraction of sp³-hybridized carbons (Fsp3) is 0.742. The Morgan fingerprint density at radius 2 is 1.81 bits per heavy atom. The van der Waals surface area contributed by atoms with E-state index in [4.69, 9.17) is 9.47 Å². The van der Waals surface area contributed by atoms with Crippen LogP contribution in [0.3, 0.4) is 0 Å². The molecule has 0 heterocycles. The quantitative estimate of drug-likeness (QED) is 0.170. The normalized spacial score (nSPS) is 23.4. The first-order valence-corrected chi connectivity index (χ1v) is 16.0. The van der Waals surface area contributed by atoms with Crippen LogP contribution in [0.25, 0.3) is 5.57 Å². The Morgan fingerprint density at radius 1 is 1.00 bits per heavy atom. The SMILES string of the molecule is CCCC1CCC(C2CC=C(c3ccc(OCCOC[Si]CCCC(C)CC)c(F)c3F)CC2)CC1. The van der Waals surface area contributed by atoms with Crippen LogP contribution in [0, 0.1) is 35.3 Å². The Bertz CT molecular complexity index is 804. The molecule has 1 saturated carbocycles. The zero-order chi connectivity index (χ0) is 25.8. The largest absolute Gasteiger partial charge is 0.488 e. The van der Waals surface area contributed by atoms with Gasteiger partial charge < -0.3 is 9.47 Å². The van der Waals surface area contributed by atoms with Crippen LogP contribution in [0.4, 0.5) is 8.78 Å². The molecule has 2 radical (unpaired) electrons. The molecule has 2 nitrogen and oxygen atoms in total. The molecular weight excluding hydrogens is 470 g/mol. The summed E-state index contributed by atoms with van der Waals surface area (Å²) < 4.78 is 40.8. The molecule has 0 spiro atoms. The molecule has 0 saturated heterocycles. The average molecular weight is 519 g/mol. The standard InChI is InChI=1S/C31H48F2O2Si/c1-4-7-24-9-11-25(12-10-24)26-13-15-27(16-14-26)28-17-18-29(31(33)30(28)32)35-20-19-34-22-36-21-6-8-23(3)5-2/h15,17-18,23-26H,4-14,16,19-22H2,1-3H3. The molecule has 36 heavy (non-hydrogen) atoms. The minimum atomic E-state index is -0.878. The molecule has 2 unspecified atom stereocenters. The number of allylic oxidation sites excluding steroid dienone is 2. The highest BCUT2D eigenvalue weighted by atomic mass is 28.2. The van der Waals surface area contributed by atoms with Gasteiger partial charge in [-0.15, -0.1) is 0 Å². The van der Waals surface area contributed by atoms with Crippen molar-refractivity contribution in [3.05, 3.63) is 35.4 Å². The summed E-state index contributed by atoms with van der Waals surface area (Å²) in [5.74, 6) is 1.56. The van der Waals surface area contributed by atoms with E-state index in [2.05, 4.69) is 26.8 Å². The van der Waals surface area contributed by atoms with Crippen molar-refractivity contribution >= 4 is 15.1 Å². The number of benzene rings is 1. The van der Waals surface area contributed by atoms with Crippen molar-refractivity contribution in [1.82, 2.24) is 0 Å². The van der Waals surface area contributed by atoms with Crippen LogP contribution in [0.15, 0.2) is 18.2 Å². The van der Waals surface area contributed by atoms with Gasteiger partial charge in [0.25, 0.3) is 0 Å². The van der Waals surface area contributed by atoms with E-state index in [9.17, 15) is 8.78 Å². The van der Waals surface area contributed by atoms with Crippen molar-refractivity contribution in [3.8, 4) is 5.75 Å². The lowest BCUT2D eigenvalue weighted by atomic mass is 9.70. The molecule has 3 rings (SSSR count). The second kappa shape index (κ2) is 15.9. The van der Waals surface area contributed by atoms with Gasteiger partial charge in [-0.2, -0.15) is 4.39 Å². The molecule has 0 N–H and O–H groups in total. The molecule has 0 amide bonds. The average Bonchev–Trinajstić information content (AvgIpc) is 2.90. The second-order valence-electron chi connectivity index (χ2n) is 11.1. The predicted octanol–water partition coefficient (Wildman–Crippen LogP) is 9.06. The molecule has 2 aliphatic rings. The summed E-state index contributed by atoms with van der Waals surface area (Å²) >= 11 is 0. The third-order valence-corrected chi connectivity index (χ3v) is 9.65. The predicted molar refractivity (Wildman–Crippen MR) is 148 cm³/mol. The number of hydrogen-bond donors (Lipinski definition) is 0. The lowest BCUT2D eigenvalue weighted by Gasteiger charge is -2.35. The molecule has 1 aromatic rings. The lowest BCUT2D eigenvalue weighted by Crippen LogP contribution is -2.23. The summed E-state index contributed by atoms with van der Waals surface area (Å²) in [5, 5.41) is 0. The van der Waals surface area contributed by atoms with Crippen LogP contribution in [0.1, 0.15) is 103 Å². The van der Waals surface area contributed by atoms with E-state index in [0.29, 0.717) is 18.1 Å². The zero-order valence-corrected chi connectivity index (χ0v) is 23.9. The third-order valence-electron chi connectivity index (χ3n) is 8.54. The lowest BCUT2D eigenvalue weighted by molar-refractivity contribution is 0.128. The van der Waals surface area contributed by atoms with Crippen LogP contribution in [0.2, 0.25) is 6.04 Å². The highest BCUT2D eigenvalue weighted by Crippen LogP contribution is 2.42. The first kappa shape index (κ1) is 29.4. The smallest absolute Gasteiger partial charge is 0.201 e. The van der Waals surface area contributed by atoms with Crippen molar-refractivity contribution in [2.75, 3.05) is 19.4 Å². The Hall–Kier alpha value is -1.20. The molecule has 0 aromatic heterocycles. The van der Waals surface area contributed by atoms with E-state index in [-0.39, 0.29) is 12.4 Å². The molecular formula is C31H48F2O2Si. The van der Waals surface area contributed by atoms with Gasteiger partial charge in [0.2, 0.25) is 5.82 Å². The van der Waals surface area contributed by atoms with Crippen molar-refractivity contribution < 1.29 is 18.3 Å². The molecule has 0 bridgehead atoms. The molecule has 1 fully saturated rings. The van der Waals surface area contributed by atoms with E-state index in [0.717, 1.165) is 58.3 Å². The molecule has 202 valence electrons. The molecule has 5 heteroatoms. The van der Waals surface area contributed by atoms with Gasteiger partial charge in [0, 0.05) is 11.8 Å². The van der Waals surface area contributed by atoms with Crippen molar-refractivity contribution in [1.29, 1.82) is 0 Å². The van der Waals surface area contributed by atoms with Crippen molar-refractivity contribution in [2.24, 2.45) is 23.7 Å². The Morgan fingerprint density at radius 3 is 2.50 bits per heavy atom. The molecule has 2 aliphatic carbocycles. The first-order chi connectivity index (χ1) is 17.5. The summed E-state index contributed by atoms with van der Waals surface area (Å²) in [7, 11) is 0.787. The van der Waals surface area contributed by atoms with Crippen LogP contribution >= 0.6 is 0 Å². The third kappa shape index (κ3) is 8.97. The summed E-state index contributed by atoms with van der Waals surface area (Å²) in [6.07, 6.45) is 17.7. The van der Waals surface area contributed by atoms with Crippen LogP contribution in [-0.2, 0) is 4.74 Å².